The minimum atomic E-state index is -0.126. The van der Waals surface area contributed by atoms with Crippen molar-refractivity contribution in [1.82, 2.24) is 4.57 Å². The van der Waals surface area contributed by atoms with Gasteiger partial charge in [-0.05, 0) is 43.5 Å². The van der Waals surface area contributed by atoms with Crippen molar-refractivity contribution in [2.75, 3.05) is 0 Å². The van der Waals surface area contributed by atoms with Crippen LogP contribution in [0.2, 0.25) is 0 Å². The van der Waals surface area contributed by atoms with E-state index in [9.17, 15) is 25.8 Å². The molecule has 6 heteroatoms. The number of benzene rings is 1. The summed E-state index contributed by atoms with van der Waals surface area (Å²) in [5.41, 5.74) is 4.82. The van der Waals surface area contributed by atoms with E-state index in [-0.39, 0.29) is 16.9 Å². The summed E-state index contributed by atoms with van der Waals surface area (Å²) in [7, 11) is 1.85. The van der Waals surface area contributed by atoms with Gasteiger partial charge in [-0.2, -0.15) is 21.0 Å². The molecule has 0 amide bonds. The second kappa shape index (κ2) is 8.00. The highest BCUT2D eigenvalue weighted by atomic mass is 16.1. The summed E-state index contributed by atoms with van der Waals surface area (Å²) in [5.74, 6) is -0.124. The van der Waals surface area contributed by atoms with Crippen molar-refractivity contribution in [1.29, 1.82) is 21.0 Å². The third-order valence-corrected chi connectivity index (χ3v) is 5.62. The molecular weight excluding hydrogens is 386 g/mol. The molecule has 0 spiro atoms. The molecule has 0 aliphatic heterocycles. The van der Waals surface area contributed by atoms with E-state index < -0.39 is 0 Å². The summed E-state index contributed by atoms with van der Waals surface area (Å²) in [6.45, 7) is 5.19. The third-order valence-electron chi connectivity index (χ3n) is 5.62. The van der Waals surface area contributed by atoms with Crippen LogP contribution in [0, 0.1) is 59.2 Å². The normalized spacial score (nSPS) is 11.7. The van der Waals surface area contributed by atoms with E-state index in [1.54, 1.807) is 30.3 Å². The maximum atomic E-state index is 12.4. The number of nitrogens with zero attached hydrogens (tertiary/aromatic N) is 5. The monoisotopic (exact) mass is 403 g/mol. The van der Waals surface area contributed by atoms with Gasteiger partial charge in [0, 0.05) is 40.7 Å². The summed E-state index contributed by atoms with van der Waals surface area (Å²) in [6, 6.07) is 14.8. The Morgan fingerprint density at radius 3 is 1.71 bits per heavy atom. The maximum absolute atomic E-state index is 12.4. The van der Waals surface area contributed by atoms with Crippen molar-refractivity contribution in [2.45, 2.75) is 20.8 Å². The number of ketones is 1. The van der Waals surface area contributed by atoms with Crippen LogP contribution < -0.4 is 0 Å². The number of aromatic nitrogens is 1. The van der Waals surface area contributed by atoms with E-state index in [1.807, 2.05) is 49.7 Å². The highest BCUT2D eigenvalue weighted by Gasteiger charge is 2.32. The van der Waals surface area contributed by atoms with Gasteiger partial charge in [0.2, 0.25) is 0 Å². The molecule has 1 aromatic heterocycles. The fourth-order valence-corrected chi connectivity index (χ4v) is 4.03. The Kier molecular flexibility index (Phi) is 5.44. The lowest BCUT2D eigenvalue weighted by Gasteiger charge is -2.07. The van der Waals surface area contributed by atoms with Crippen molar-refractivity contribution in [3.63, 3.8) is 0 Å². The van der Waals surface area contributed by atoms with Crippen molar-refractivity contribution >= 4 is 23.0 Å². The molecule has 0 N–H and O–H groups in total. The number of rotatable bonds is 2. The number of allylic oxidation sites excluding steroid dienone is 5. The van der Waals surface area contributed by atoms with Crippen molar-refractivity contribution in [2.24, 2.45) is 7.05 Å². The smallest absolute Gasteiger partial charge is 0.162 e. The lowest BCUT2D eigenvalue weighted by atomic mass is 9.93. The maximum Gasteiger partial charge on any atom is 0.162 e. The first kappa shape index (κ1) is 21.1. The lowest BCUT2D eigenvalue weighted by molar-refractivity contribution is 0.101. The van der Waals surface area contributed by atoms with E-state index in [0.717, 1.165) is 11.4 Å². The van der Waals surface area contributed by atoms with Crippen LogP contribution in [0.15, 0.2) is 41.0 Å². The van der Waals surface area contributed by atoms with Crippen LogP contribution in [-0.2, 0) is 7.05 Å². The number of carbonyl (C=O) groups is 1. The Bertz CT molecular complexity index is 1310. The average molecular weight is 403 g/mol. The second-order valence-electron chi connectivity index (χ2n) is 7.13. The van der Waals surface area contributed by atoms with E-state index in [1.165, 1.54) is 6.92 Å². The molecule has 1 aliphatic carbocycles. The number of hydrogen-bond donors (Lipinski definition) is 0. The van der Waals surface area contributed by atoms with E-state index in [4.69, 9.17) is 0 Å². The molecule has 31 heavy (non-hydrogen) atoms. The van der Waals surface area contributed by atoms with Gasteiger partial charge in [-0.3, -0.25) is 4.79 Å². The third kappa shape index (κ3) is 3.14. The molecule has 0 bridgehead atoms. The molecule has 148 valence electrons. The highest BCUT2D eigenvalue weighted by Crippen LogP contribution is 2.49. The molecular formula is C25H17N5O. The van der Waals surface area contributed by atoms with Crippen molar-refractivity contribution in [3.8, 4) is 24.3 Å². The molecule has 0 atom stereocenters. The Morgan fingerprint density at radius 2 is 1.32 bits per heavy atom. The molecule has 0 saturated carbocycles. The van der Waals surface area contributed by atoms with Crippen LogP contribution >= 0.6 is 0 Å². The summed E-state index contributed by atoms with van der Waals surface area (Å²) in [5, 5.41) is 38.5. The Hall–Kier alpha value is -4.65. The number of hydrogen-bond acceptors (Lipinski definition) is 5. The Morgan fingerprint density at radius 1 is 0.871 bits per heavy atom. The highest BCUT2D eigenvalue weighted by molar-refractivity contribution is 6.15. The van der Waals surface area contributed by atoms with Crippen LogP contribution in [0.5, 0.6) is 0 Å². The molecule has 2 aromatic rings. The van der Waals surface area contributed by atoms with Gasteiger partial charge < -0.3 is 4.57 Å². The molecule has 0 saturated heterocycles. The zero-order valence-electron chi connectivity index (χ0n) is 17.5. The van der Waals surface area contributed by atoms with Gasteiger partial charge in [0.25, 0.3) is 0 Å². The molecule has 0 radical (unpaired) electrons. The Balaban J connectivity index is 2.58. The molecule has 1 aliphatic rings. The predicted molar refractivity (Wildman–Crippen MR) is 116 cm³/mol. The number of fused-ring (bicyclic) bond motifs is 1. The van der Waals surface area contributed by atoms with Gasteiger partial charge in [0.05, 0.1) is 0 Å². The minimum absolute atomic E-state index is 0.124. The van der Waals surface area contributed by atoms with Gasteiger partial charge in [-0.25, -0.2) is 0 Å². The van der Waals surface area contributed by atoms with Crippen molar-refractivity contribution in [3.05, 3.63) is 74.6 Å². The molecule has 6 nitrogen and oxygen atoms in total. The fraction of sp³-hybridized carbons (Fsp3) is 0.160. The number of Topliss-reactive ketones (excluding diaryl/α,β-unsaturated/α-hetero) is 1. The zero-order chi connectivity index (χ0) is 22.9. The summed E-state index contributed by atoms with van der Waals surface area (Å²) in [4.78, 5) is 12.4. The largest absolute Gasteiger partial charge is 0.351 e. The summed E-state index contributed by atoms with van der Waals surface area (Å²) in [6.07, 6.45) is 1.72. The number of carbonyl (C=O) groups excluding carboxylic acids is 1. The molecule has 1 aromatic carbocycles. The van der Waals surface area contributed by atoms with E-state index in [0.29, 0.717) is 39.0 Å². The average Bonchev–Trinajstić information content (AvgIpc) is 3.18. The second-order valence-corrected chi connectivity index (χ2v) is 7.13. The van der Waals surface area contributed by atoms with Crippen LogP contribution in [0.25, 0.3) is 17.2 Å². The first-order chi connectivity index (χ1) is 14.8. The predicted octanol–water partition coefficient (Wildman–Crippen LogP) is 4.54. The quantitative estimate of drug-likeness (QED) is 0.539. The topological polar surface area (TPSA) is 117 Å². The number of nitriles is 4. The van der Waals surface area contributed by atoms with Crippen LogP contribution in [0.1, 0.15) is 45.4 Å². The van der Waals surface area contributed by atoms with Gasteiger partial charge in [-0.15, -0.1) is 0 Å². The Labute approximate surface area is 180 Å². The SMILES string of the molecule is CC(=O)c1c(C=C2C(=C(C#N)C#N)c3ccccc3C2=C(C#N)C#N)c(C)n(C)c1C. The van der Waals surface area contributed by atoms with Gasteiger partial charge >= 0.3 is 0 Å². The van der Waals surface area contributed by atoms with Crippen LogP contribution in [-0.4, -0.2) is 10.4 Å². The van der Waals surface area contributed by atoms with Crippen LogP contribution in [0.3, 0.4) is 0 Å². The first-order valence-corrected chi connectivity index (χ1v) is 9.40. The van der Waals surface area contributed by atoms with Gasteiger partial charge in [-0.1, -0.05) is 24.3 Å². The standard InChI is InChI=1S/C25H17N5O/c1-14-21(23(16(3)31)15(2)30(14)4)9-22-24(17(10-26)11-27)19-7-5-6-8-20(19)25(22)18(12-28)13-29/h5-9H,1-4H3. The van der Waals surface area contributed by atoms with Crippen LogP contribution in [0.4, 0.5) is 0 Å². The first-order valence-electron chi connectivity index (χ1n) is 9.40. The summed E-state index contributed by atoms with van der Waals surface area (Å²) < 4.78 is 1.89. The summed E-state index contributed by atoms with van der Waals surface area (Å²) >= 11 is 0. The van der Waals surface area contributed by atoms with E-state index >= 15 is 0 Å². The molecule has 1 heterocycles. The van der Waals surface area contributed by atoms with Gasteiger partial charge in [0.15, 0.2) is 5.78 Å². The van der Waals surface area contributed by atoms with Crippen molar-refractivity contribution < 1.29 is 4.79 Å². The lowest BCUT2D eigenvalue weighted by Crippen LogP contribution is -1.98. The molecule has 3 rings (SSSR count). The zero-order valence-corrected chi connectivity index (χ0v) is 17.5. The van der Waals surface area contributed by atoms with Gasteiger partial charge in [0.1, 0.15) is 35.4 Å². The molecule has 0 unspecified atom stereocenters. The fourth-order valence-electron chi connectivity index (χ4n) is 4.03. The van der Waals surface area contributed by atoms with E-state index in [2.05, 4.69) is 0 Å². The molecule has 0 fully saturated rings. The minimum Gasteiger partial charge on any atom is -0.351 e.